The lowest BCUT2D eigenvalue weighted by atomic mass is 9.85. The summed E-state index contributed by atoms with van der Waals surface area (Å²) in [4.78, 5) is 8.98. The van der Waals surface area contributed by atoms with E-state index in [0.29, 0.717) is 11.1 Å². The predicted molar refractivity (Wildman–Crippen MR) is 67.7 cm³/mol. The molecule has 0 atom stereocenters. The number of ether oxygens (including phenoxy) is 1. The Morgan fingerprint density at radius 3 is 2.76 bits per heavy atom. The smallest absolute Gasteiger partial charge is 0.140 e. The molecule has 1 heterocycles. The monoisotopic (exact) mass is 248 g/mol. The molecule has 0 radical (unpaired) electrons. The number of methoxy groups -OCH3 is 1. The highest BCUT2D eigenvalue weighted by molar-refractivity contribution is 6.34. The van der Waals surface area contributed by atoms with Crippen molar-refractivity contribution in [2.45, 2.75) is 25.2 Å². The van der Waals surface area contributed by atoms with Crippen molar-refractivity contribution >= 4 is 22.5 Å². The van der Waals surface area contributed by atoms with Crippen LogP contribution in [0.2, 0.25) is 5.15 Å². The van der Waals surface area contributed by atoms with Gasteiger partial charge < -0.3 is 4.74 Å². The third-order valence-corrected chi connectivity index (χ3v) is 3.63. The van der Waals surface area contributed by atoms with Crippen LogP contribution < -0.4 is 4.74 Å². The number of hydrogen-bond donors (Lipinski definition) is 0. The Balaban J connectivity index is 2.13. The SMILES string of the molecule is COc1ccc2nc(C3CCC3)nc(Cl)c2c1. The standard InChI is InChI=1S/C13H13ClN2O/c1-17-9-5-6-11-10(7-9)12(14)16-13(15-11)8-3-2-4-8/h5-8H,2-4H2,1H3. The Labute approximate surface area is 105 Å². The average molecular weight is 249 g/mol. The molecule has 2 aromatic rings. The molecule has 1 aliphatic rings. The number of fused-ring (bicyclic) bond motifs is 1. The second-order valence-electron chi connectivity index (χ2n) is 4.38. The van der Waals surface area contributed by atoms with Gasteiger partial charge in [-0.2, -0.15) is 0 Å². The zero-order valence-electron chi connectivity index (χ0n) is 9.61. The second-order valence-corrected chi connectivity index (χ2v) is 4.74. The molecule has 1 aliphatic carbocycles. The number of halogens is 1. The summed E-state index contributed by atoms with van der Waals surface area (Å²) >= 11 is 6.21. The Kier molecular flexibility index (Phi) is 2.63. The van der Waals surface area contributed by atoms with E-state index in [2.05, 4.69) is 9.97 Å². The van der Waals surface area contributed by atoms with Crippen LogP contribution in [0.1, 0.15) is 31.0 Å². The van der Waals surface area contributed by atoms with Gasteiger partial charge in [-0.1, -0.05) is 18.0 Å². The van der Waals surface area contributed by atoms with E-state index in [0.717, 1.165) is 22.5 Å². The fraction of sp³-hybridized carbons (Fsp3) is 0.385. The summed E-state index contributed by atoms with van der Waals surface area (Å²) in [6.07, 6.45) is 3.63. The molecule has 4 heteroatoms. The Hall–Kier alpha value is -1.35. The van der Waals surface area contributed by atoms with Crippen LogP contribution in [0.5, 0.6) is 5.75 Å². The Bertz CT molecular complexity index is 567. The summed E-state index contributed by atoms with van der Waals surface area (Å²) in [5, 5.41) is 1.38. The Morgan fingerprint density at radius 2 is 2.12 bits per heavy atom. The molecule has 1 aromatic carbocycles. The van der Waals surface area contributed by atoms with E-state index in [9.17, 15) is 0 Å². The van der Waals surface area contributed by atoms with Crippen molar-refractivity contribution in [2.75, 3.05) is 7.11 Å². The molecule has 1 saturated carbocycles. The minimum absolute atomic E-state index is 0.499. The average Bonchev–Trinajstić information content (AvgIpc) is 2.26. The lowest BCUT2D eigenvalue weighted by Gasteiger charge is -2.24. The molecular formula is C13H13ClN2O. The van der Waals surface area contributed by atoms with E-state index in [4.69, 9.17) is 16.3 Å². The van der Waals surface area contributed by atoms with Gasteiger partial charge in [-0.3, -0.25) is 0 Å². The molecule has 17 heavy (non-hydrogen) atoms. The predicted octanol–water partition coefficient (Wildman–Crippen LogP) is 3.56. The molecule has 1 aromatic heterocycles. The highest BCUT2D eigenvalue weighted by atomic mass is 35.5. The first-order valence-electron chi connectivity index (χ1n) is 5.79. The first kappa shape index (κ1) is 10.8. The number of benzene rings is 1. The molecule has 88 valence electrons. The van der Waals surface area contributed by atoms with Crippen molar-refractivity contribution in [3.63, 3.8) is 0 Å². The molecule has 0 saturated heterocycles. The maximum absolute atomic E-state index is 6.21. The number of nitrogens with zero attached hydrogens (tertiary/aromatic N) is 2. The summed E-state index contributed by atoms with van der Waals surface area (Å²) in [5.41, 5.74) is 0.896. The molecule has 0 spiro atoms. The normalized spacial score (nSPS) is 15.9. The number of rotatable bonds is 2. The lowest BCUT2D eigenvalue weighted by Crippen LogP contribution is -2.12. The molecule has 0 bridgehead atoms. The summed E-state index contributed by atoms with van der Waals surface area (Å²) in [7, 11) is 1.64. The summed E-state index contributed by atoms with van der Waals surface area (Å²) in [5.74, 6) is 2.16. The van der Waals surface area contributed by atoms with Crippen LogP contribution in [0, 0.1) is 0 Å². The molecular weight excluding hydrogens is 236 g/mol. The molecule has 0 N–H and O–H groups in total. The summed E-state index contributed by atoms with van der Waals surface area (Å²) in [6, 6.07) is 5.71. The molecule has 0 amide bonds. The van der Waals surface area contributed by atoms with Crippen molar-refractivity contribution in [3.05, 3.63) is 29.2 Å². The van der Waals surface area contributed by atoms with Gasteiger partial charge in [0.05, 0.1) is 12.6 Å². The highest BCUT2D eigenvalue weighted by Crippen LogP contribution is 2.36. The van der Waals surface area contributed by atoms with E-state index < -0.39 is 0 Å². The minimum atomic E-state index is 0.499. The van der Waals surface area contributed by atoms with Gasteiger partial charge in [0.1, 0.15) is 16.7 Å². The number of hydrogen-bond acceptors (Lipinski definition) is 3. The van der Waals surface area contributed by atoms with Gasteiger partial charge in [0.15, 0.2) is 0 Å². The van der Waals surface area contributed by atoms with Crippen LogP contribution in [0.25, 0.3) is 10.9 Å². The topological polar surface area (TPSA) is 35.0 Å². The summed E-state index contributed by atoms with van der Waals surface area (Å²) < 4.78 is 5.17. The minimum Gasteiger partial charge on any atom is -0.497 e. The van der Waals surface area contributed by atoms with Crippen molar-refractivity contribution in [1.29, 1.82) is 0 Å². The molecule has 0 aliphatic heterocycles. The molecule has 3 nitrogen and oxygen atoms in total. The van der Waals surface area contributed by atoms with Gasteiger partial charge in [0, 0.05) is 11.3 Å². The quantitative estimate of drug-likeness (QED) is 0.763. The van der Waals surface area contributed by atoms with Gasteiger partial charge in [-0.25, -0.2) is 9.97 Å². The number of aromatic nitrogens is 2. The highest BCUT2D eigenvalue weighted by Gasteiger charge is 2.23. The van der Waals surface area contributed by atoms with Gasteiger partial charge in [0.2, 0.25) is 0 Å². The van der Waals surface area contributed by atoms with Gasteiger partial charge in [-0.15, -0.1) is 0 Å². The van der Waals surface area contributed by atoms with Crippen molar-refractivity contribution < 1.29 is 4.74 Å². The van der Waals surface area contributed by atoms with Crippen LogP contribution in [0.3, 0.4) is 0 Å². The maximum atomic E-state index is 6.21. The first-order chi connectivity index (χ1) is 8.28. The van der Waals surface area contributed by atoms with E-state index in [1.54, 1.807) is 7.11 Å². The third-order valence-electron chi connectivity index (χ3n) is 3.34. The van der Waals surface area contributed by atoms with Crippen molar-refractivity contribution in [2.24, 2.45) is 0 Å². The zero-order valence-corrected chi connectivity index (χ0v) is 10.4. The molecule has 1 fully saturated rings. The van der Waals surface area contributed by atoms with E-state index >= 15 is 0 Å². The fourth-order valence-corrected chi connectivity index (χ4v) is 2.30. The lowest BCUT2D eigenvalue weighted by molar-refractivity contribution is 0.402. The Morgan fingerprint density at radius 1 is 1.29 bits per heavy atom. The fourth-order valence-electron chi connectivity index (χ4n) is 2.06. The molecule has 0 unspecified atom stereocenters. The van der Waals surface area contributed by atoms with E-state index in [-0.39, 0.29) is 0 Å². The largest absolute Gasteiger partial charge is 0.497 e. The van der Waals surface area contributed by atoms with Crippen molar-refractivity contribution in [3.8, 4) is 5.75 Å². The first-order valence-corrected chi connectivity index (χ1v) is 6.17. The van der Waals surface area contributed by atoms with Crippen molar-refractivity contribution in [1.82, 2.24) is 9.97 Å². The third kappa shape index (κ3) is 1.84. The molecule has 3 rings (SSSR count). The van der Waals surface area contributed by atoms with Gasteiger partial charge >= 0.3 is 0 Å². The van der Waals surface area contributed by atoms with Crippen LogP contribution >= 0.6 is 11.6 Å². The maximum Gasteiger partial charge on any atom is 0.140 e. The van der Waals surface area contributed by atoms with Crippen LogP contribution in [-0.4, -0.2) is 17.1 Å². The zero-order chi connectivity index (χ0) is 11.8. The van der Waals surface area contributed by atoms with E-state index in [1.807, 2.05) is 18.2 Å². The summed E-state index contributed by atoms with van der Waals surface area (Å²) in [6.45, 7) is 0. The second kappa shape index (κ2) is 4.15. The van der Waals surface area contributed by atoms with Gasteiger partial charge in [-0.05, 0) is 31.0 Å². The van der Waals surface area contributed by atoms with Crippen LogP contribution in [0.4, 0.5) is 0 Å². The van der Waals surface area contributed by atoms with Crippen LogP contribution in [-0.2, 0) is 0 Å². The van der Waals surface area contributed by atoms with E-state index in [1.165, 1.54) is 19.3 Å². The van der Waals surface area contributed by atoms with Crippen LogP contribution in [0.15, 0.2) is 18.2 Å². The van der Waals surface area contributed by atoms with Gasteiger partial charge in [0.25, 0.3) is 0 Å².